The Morgan fingerprint density at radius 3 is 2.05 bits per heavy atom. The van der Waals surface area contributed by atoms with Gasteiger partial charge in [-0.15, -0.1) is 0 Å². The lowest BCUT2D eigenvalue weighted by Crippen LogP contribution is -2.45. The molecule has 1 nitrogen and oxygen atoms in total. The average molecular weight is 285 g/mol. The van der Waals surface area contributed by atoms with Crippen LogP contribution < -0.4 is 0 Å². The second-order valence-electron chi connectivity index (χ2n) is 6.52. The molecule has 0 unspecified atom stereocenters. The lowest BCUT2D eigenvalue weighted by molar-refractivity contribution is -0.138. The lowest BCUT2D eigenvalue weighted by atomic mass is 9.85. The van der Waals surface area contributed by atoms with E-state index in [9.17, 15) is 13.2 Å². The molecule has 4 heteroatoms. The second-order valence-corrected chi connectivity index (χ2v) is 6.52. The summed E-state index contributed by atoms with van der Waals surface area (Å²) in [5, 5.41) is 0. The van der Waals surface area contributed by atoms with Crippen LogP contribution in [0.5, 0.6) is 0 Å². The van der Waals surface area contributed by atoms with Gasteiger partial charge >= 0.3 is 6.18 Å². The maximum atomic E-state index is 13.1. The normalized spacial score (nSPS) is 19.3. The summed E-state index contributed by atoms with van der Waals surface area (Å²) in [5.74, 6) is 0.0198. The molecule has 1 saturated heterocycles. The zero-order valence-electron chi connectivity index (χ0n) is 12.3. The predicted molar refractivity (Wildman–Crippen MR) is 74.7 cm³/mol. The van der Waals surface area contributed by atoms with Crippen LogP contribution in [0.2, 0.25) is 0 Å². The first-order chi connectivity index (χ1) is 9.19. The highest BCUT2D eigenvalue weighted by molar-refractivity contribution is 5.33. The molecule has 1 fully saturated rings. The summed E-state index contributed by atoms with van der Waals surface area (Å²) in [7, 11) is 0. The van der Waals surface area contributed by atoms with Gasteiger partial charge in [0.25, 0.3) is 0 Å². The summed E-state index contributed by atoms with van der Waals surface area (Å²) in [5.41, 5.74) is 0.0943. The summed E-state index contributed by atoms with van der Waals surface area (Å²) in [4.78, 5) is 2.35. The summed E-state index contributed by atoms with van der Waals surface area (Å²) in [6.45, 7) is 8.17. The van der Waals surface area contributed by atoms with E-state index in [1.54, 1.807) is 12.1 Å². The molecule has 2 rings (SSSR count). The molecule has 0 atom stereocenters. The van der Waals surface area contributed by atoms with Crippen LogP contribution in [0, 0.1) is 0 Å². The van der Waals surface area contributed by atoms with Gasteiger partial charge in [-0.25, -0.2) is 0 Å². The van der Waals surface area contributed by atoms with Gasteiger partial charge in [0.2, 0.25) is 0 Å². The number of hydrogen-bond acceptors (Lipinski definition) is 1. The van der Waals surface area contributed by atoms with Gasteiger partial charge in [-0.05, 0) is 64.3 Å². The van der Waals surface area contributed by atoms with Gasteiger partial charge in [0, 0.05) is 5.54 Å². The number of halogens is 3. The summed E-state index contributed by atoms with van der Waals surface area (Å²) in [6, 6.07) is 6.02. The maximum absolute atomic E-state index is 13.1. The van der Waals surface area contributed by atoms with E-state index in [1.807, 2.05) is 0 Å². The Morgan fingerprint density at radius 2 is 1.55 bits per heavy atom. The number of hydrogen-bond donors (Lipinski definition) is 0. The van der Waals surface area contributed by atoms with Crippen molar-refractivity contribution < 1.29 is 13.2 Å². The van der Waals surface area contributed by atoms with E-state index in [4.69, 9.17) is 0 Å². The Bertz CT molecular complexity index is 452. The third-order valence-electron chi connectivity index (χ3n) is 4.15. The van der Waals surface area contributed by atoms with Crippen molar-refractivity contribution in [3.8, 4) is 0 Å². The van der Waals surface area contributed by atoms with Gasteiger partial charge in [0.1, 0.15) is 0 Å². The molecule has 0 N–H and O–H groups in total. The SMILES string of the molecule is CC(C)(C)N1CCC(c2ccccc2C(F)(F)F)CC1. The van der Waals surface area contributed by atoms with Crippen molar-refractivity contribution in [3.63, 3.8) is 0 Å². The fraction of sp³-hybridized carbons (Fsp3) is 0.625. The summed E-state index contributed by atoms with van der Waals surface area (Å²) < 4.78 is 39.2. The van der Waals surface area contributed by atoms with Crippen molar-refractivity contribution >= 4 is 0 Å². The van der Waals surface area contributed by atoms with Crippen LogP contribution in [0.25, 0.3) is 0 Å². The quantitative estimate of drug-likeness (QED) is 0.724. The topological polar surface area (TPSA) is 3.24 Å². The summed E-state index contributed by atoms with van der Waals surface area (Å²) >= 11 is 0. The van der Waals surface area contributed by atoms with Crippen molar-refractivity contribution in [2.75, 3.05) is 13.1 Å². The third-order valence-corrected chi connectivity index (χ3v) is 4.15. The van der Waals surface area contributed by atoms with Crippen LogP contribution in [-0.4, -0.2) is 23.5 Å². The minimum absolute atomic E-state index is 0.0198. The van der Waals surface area contributed by atoms with Crippen LogP contribution in [0.4, 0.5) is 13.2 Å². The van der Waals surface area contributed by atoms with Crippen molar-refractivity contribution in [2.45, 2.75) is 51.2 Å². The van der Waals surface area contributed by atoms with Crippen LogP contribution in [0.3, 0.4) is 0 Å². The van der Waals surface area contributed by atoms with Crippen LogP contribution in [-0.2, 0) is 6.18 Å². The molecular formula is C16H22F3N. The van der Waals surface area contributed by atoms with Crippen molar-refractivity contribution in [3.05, 3.63) is 35.4 Å². The fourth-order valence-corrected chi connectivity index (χ4v) is 2.97. The number of alkyl halides is 3. The Kier molecular flexibility index (Phi) is 4.14. The van der Waals surface area contributed by atoms with Crippen LogP contribution in [0.1, 0.15) is 50.7 Å². The molecule has 0 saturated carbocycles. The van der Waals surface area contributed by atoms with E-state index in [1.165, 1.54) is 12.1 Å². The van der Waals surface area contributed by atoms with Gasteiger partial charge < -0.3 is 0 Å². The Balaban J connectivity index is 2.16. The number of nitrogens with zero attached hydrogens (tertiary/aromatic N) is 1. The third kappa shape index (κ3) is 3.35. The molecule has 1 heterocycles. The number of benzene rings is 1. The van der Waals surface area contributed by atoms with E-state index in [0.717, 1.165) is 25.9 Å². The molecule has 1 aliphatic heterocycles. The van der Waals surface area contributed by atoms with Crippen molar-refractivity contribution in [1.82, 2.24) is 4.90 Å². The largest absolute Gasteiger partial charge is 0.416 e. The van der Waals surface area contributed by atoms with Gasteiger partial charge in [-0.2, -0.15) is 13.2 Å². The molecule has 0 radical (unpaired) electrons. The van der Waals surface area contributed by atoms with Gasteiger partial charge in [-0.1, -0.05) is 18.2 Å². The van der Waals surface area contributed by atoms with E-state index in [0.29, 0.717) is 5.56 Å². The first-order valence-corrected chi connectivity index (χ1v) is 7.11. The molecule has 112 valence electrons. The number of piperidine rings is 1. The highest BCUT2D eigenvalue weighted by Crippen LogP contribution is 2.39. The number of likely N-dealkylation sites (tertiary alicyclic amines) is 1. The zero-order valence-corrected chi connectivity index (χ0v) is 12.3. The smallest absolute Gasteiger partial charge is 0.298 e. The molecule has 20 heavy (non-hydrogen) atoms. The highest BCUT2D eigenvalue weighted by Gasteiger charge is 2.36. The van der Waals surface area contributed by atoms with Crippen molar-refractivity contribution in [2.24, 2.45) is 0 Å². The first kappa shape index (κ1) is 15.4. The monoisotopic (exact) mass is 285 g/mol. The highest BCUT2D eigenvalue weighted by atomic mass is 19.4. The van der Waals surface area contributed by atoms with Gasteiger partial charge in [0.05, 0.1) is 5.56 Å². The first-order valence-electron chi connectivity index (χ1n) is 7.11. The molecular weight excluding hydrogens is 263 g/mol. The molecule has 0 aromatic heterocycles. The molecule has 0 aliphatic carbocycles. The minimum Gasteiger partial charge on any atom is -0.298 e. The molecule has 1 aliphatic rings. The van der Waals surface area contributed by atoms with Crippen LogP contribution >= 0.6 is 0 Å². The molecule has 1 aromatic carbocycles. The predicted octanol–water partition coefficient (Wildman–Crippen LogP) is 4.68. The maximum Gasteiger partial charge on any atom is 0.416 e. The van der Waals surface area contributed by atoms with Gasteiger partial charge in [0.15, 0.2) is 0 Å². The van der Waals surface area contributed by atoms with Crippen LogP contribution in [0.15, 0.2) is 24.3 Å². The van der Waals surface area contributed by atoms with E-state index in [-0.39, 0.29) is 11.5 Å². The molecule has 0 amide bonds. The van der Waals surface area contributed by atoms with Gasteiger partial charge in [-0.3, -0.25) is 4.90 Å². The average Bonchev–Trinajstić information content (AvgIpc) is 2.37. The summed E-state index contributed by atoms with van der Waals surface area (Å²) in [6.07, 6.45) is -2.66. The van der Waals surface area contributed by atoms with E-state index in [2.05, 4.69) is 25.7 Å². The number of rotatable bonds is 1. The second kappa shape index (κ2) is 5.40. The lowest BCUT2D eigenvalue weighted by Gasteiger charge is -2.41. The standard InChI is InChI=1S/C16H22F3N/c1-15(2,3)20-10-8-12(9-11-20)13-6-4-5-7-14(13)16(17,18)19/h4-7,12H,8-11H2,1-3H3. The minimum atomic E-state index is -4.25. The fourth-order valence-electron chi connectivity index (χ4n) is 2.97. The Labute approximate surface area is 118 Å². The molecule has 0 bridgehead atoms. The molecule has 0 spiro atoms. The van der Waals surface area contributed by atoms with E-state index < -0.39 is 11.7 Å². The van der Waals surface area contributed by atoms with E-state index >= 15 is 0 Å². The molecule has 1 aromatic rings. The van der Waals surface area contributed by atoms with Crippen molar-refractivity contribution in [1.29, 1.82) is 0 Å². The zero-order chi connectivity index (χ0) is 15.0. The Morgan fingerprint density at radius 1 is 1.00 bits per heavy atom. The Hall–Kier alpha value is -1.03.